The van der Waals surface area contributed by atoms with Crippen molar-refractivity contribution < 1.29 is 0 Å². The van der Waals surface area contributed by atoms with E-state index in [0.29, 0.717) is 0 Å². The quantitative estimate of drug-likeness (QED) is 0.869. The van der Waals surface area contributed by atoms with E-state index in [1.165, 1.54) is 42.5 Å². The summed E-state index contributed by atoms with van der Waals surface area (Å²) in [6.45, 7) is 8.79. The van der Waals surface area contributed by atoms with Gasteiger partial charge in [-0.05, 0) is 49.4 Å². The fraction of sp³-hybridized carbons (Fsp3) is 0.667. The summed E-state index contributed by atoms with van der Waals surface area (Å²) in [5.41, 5.74) is 4.20. The van der Waals surface area contributed by atoms with Crippen LogP contribution in [0.4, 0.5) is 5.69 Å². The van der Waals surface area contributed by atoms with Crippen molar-refractivity contribution in [2.75, 3.05) is 18.5 Å². The standard InChI is InChI=1S/C18H30N2/c1-5-19-13-16-9-10-18(15(3)12-16)20(4)17-8-6-7-14(2)11-17/h9-10,12,14,17,19H,5-8,11,13H2,1-4H3. The van der Waals surface area contributed by atoms with Crippen molar-refractivity contribution in [1.29, 1.82) is 0 Å². The summed E-state index contributed by atoms with van der Waals surface area (Å²) in [5, 5.41) is 3.40. The normalized spacial score (nSPS) is 22.8. The second kappa shape index (κ2) is 7.12. The molecule has 20 heavy (non-hydrogen) atoms. The van der Waals surface area contributed by atoms with Gasteiger partial charge in [-0.25, -0.2) is 0 Å². The number of hydrogen-bond acceptors (Lipinski definition) is 2. The highest BCUT2D eigenvalue weighted by atomic mass is 15.1. The topological polar surface area (TPSA) is 15.3 Å². The van der Waals surface area contributed by atoms with Crippen molar-refractivity contribution in [1.82, 2.24) is 5.32 Å². The molecule has 0 aliphatic heterocycles. The molecule has 2 nitrogen and oxygen atoms in total. The van der Waals surface area contributed by atoms with E-state index in [2.05, 4.69) is 56.2 Å². The molecule has 112 valence electrons. The first-order valence-corrected chi connectivity index (χ1v) is 8.15. The van der Waals surface area contributed by atoms with E-state index in [0.717, 1.165) is 25.0 Å². The first-order chi connectivity index (χ1) is 9.61. The molecule has 1 aliphatic rings. The highest BCUT2D eigenvalue weighted by molar-refractivity contribution is 5.54. The third-order valence-electron chi connectivity index (χ3n) is 4.68. The highest BCUT2D eigenvalue weighted by Gasteiger charge is 2.23. The summed E-state index contributed by atoms with van der Waals surface area (Å²) >= 11 is 0. The maximum Gasteiger partial charge on any atom is 0.0396 e. The number of aryl methyl sites for hydroxylation is 1. The van der Waals surface area contributed by atoms with E-state index in [9.17, 15) is 0 Å². The second-order valence-electron chi connectivity index (χ2n) is 6.44. The van der Waals surface area contributed by atoms with Gasteiger partial charge in [0.2, 0.25) is 0 Å². The van der Waals surface area contributed by atoms with Crippen LogP contribution in [-0.2, 0) is 6.54 Å². The van der Waals surface area contributed by atoms with Crippen molar-refractivity contribution in [3.63, 3.8) is 0 Å². The summed E-state index contributed by atoms with van der Waals surface area (Å²) in [6.07, 6.45) is 5.48. The molecule has 1 aromatic carbocycles. The van der Waals surface area contributed by atoms with Gasteiger partial charge in [-0.2, -0.15) is 0 Å². The van der Waals surface area contributed by atoms with E-state index in [-0.39, 0.29) is 0 Å². The Kier molecular flexibility index (Phi) is 5.47. The van der Waals surface area contributed by atoms with Gasteiger partial charge in [0.1, 0.15) is 0 Å². The van der Waals surface area contributed by atoms with Crippen molar-refractivity contribution in [3.8, 4) is 0 Å². The lowest BCUT2D eigenvalue weighted by Crippen LogP contribution is -2.36. The van der Waals surface area contributed by atoms with E-state index < -0.39 is 0 Å². The zero-order valence-electron chi connectivity index (χ0n) is 13.6. The lowest BCUT2D eigenvalue weighted by Gasteiger charge is -2.36. The Morgan fingerprint density at radius 1 is 1.30 bits per heavy atom. The number of rotatable bonds is 5. The Morgan fingerprint density at radius 3 is 2.75 bits per heavy atom. The summed E-state index contributed by atoms with van der Waals surface area (Å²) in [5.74, 6) is 0.879. The van der Waals surface area contributed by atoms with Crippen LogP contribution in [0.25, 0.3) is 0 Å². The van der Waals surface area contributed by atoms with Crippen LogP contribution >= 0.6 is 0 Å². The molecule has 0 heterocycles. The molecule has 2 rings (SSSR count). The minimum atomic E-state index is 0.720. The number of nitrogens with zero attached hydrogens (tertiary/aromatic N) is 1. The van der Waals surface area contributed by atoms with Gasteiger partial charge in [-0.3, -0.25) is 0 Å². The van der Waals surface area contributed by atoms with Gasteiger partial charge in [0.15, 0.2) is 0 Å². The van der Waals surface area contributed by atoms with Crippen LogP contribution < -0.4 is 10.2 Å². The van der Waals surface area contributed by atoms with Crippen LogP contribution in [0.2, 0.25) is 0 Å². The summed E-state index contributed by atoms with van der Waals surface area (Å²) in [6, 6.07) is 7.63. The van der Waals surface area contributed by atoms with Crippen molar-refractivity contribution >= 4 is 5.69 Å². The fourth-order valence-electron chi connectivity index (χ4n) is 3.44. The molecule has 0 amide bonds. The molecule has 2 unspecified atom stereocenters. The molecule has 1 saturated carbocycles. The minimum Gasteiger partial charge on any atom is -0.371 e. The fourth-order valence-corrected chi connectivity index (χ4v) is 3.44. The predicted molar refractivity (Wildman–Crippen MR) is 88.4 cm³/mol. The van der Waals surface area contributed by atoms with Crippen LogP contribution in [0.5, 0.6) is 0 Å². The van der Waals surface area contributed by atoms with E-state index in [1.807, 2.05) is 0 Å². The molecule has 0 aromatic heterocycles. The molecular weight excluding hydrogens is 244 g/mol. The predicted octanol–water partition coefficient (Wildman–Crippen LogP) is 4.12. The van der Waals surface area contributed by atoms with Gasteiger partial charge in [-0.1, -0.05) is 38.8 Å². The first-order valence-electron chi connectivity index (χ1n) is 8.15. The maximum absolute atomic E-state index is 3.40. The summed E-state index contributed by atoms with van der Waals surface area (Å²) in [4.78, 5) is 2.52. The third-order valence-corrected chi connectivity index (χ3v) is 4.68. The van der Waals surface area contributed by atoms with Crippen LogP contribution in [0.3, 0.4) is 0 Å². The summed E-state index contributed by atoms with van der Waals surface area (Å²) in [7, 11) is 2.27. The van der Waals surface area contributed by atoms with Crippen molar-refractivity contribution in [3.05, 3.63) is 29.3 Å². The molecule has 1 fully saturated rings. The lowest BCUT2D eigenvalue weighted by atomic mass is 9.86. The molecule has 0 saturated heterocycles. The number of benzene rings is 1. The van der Waals surface area contributed by atoms with Gasteiger partial charge < -0.3 is 10.2 Å². The zero-order valence-corrected chi connectivity index (χ0v) is 13.6. The van der Waals surface area contributed by atoms with Crippen LogP contribution in [0.15, 0.2) is 18.2 Å². The van der Waals surface area contributed by atoms with Crippen molar-refractivity contribution in [2.45, 2.75) is 59.0 Å². The maximum atomic E-state index is 3.40. The third kappa shape index (κ3) is 3.76. The largest absolute Gasteiger partial charge is 0.371 e. The average molecular weight is 274 g/mol. The zero-order chi connectivity index (χ0) is 14.5. The molecule has 0 bridgehead atoms. The molecular formula is C18H30N2. The first kappa shape index (κ1) is 15.4. The van der Waals surface area contributed by atoms with Crippen LogP contribution in [-0.4, -0.2) is 19.6 Å². The Labute approximate surface area is 124 Å². The molecule has 0 radical (unpaired) electrons. The van der Waals surface area contributed by atoms with Gasteiger partial charge >= 0.3 is 0 Å². The second-order valence-corrected chi connectivity index (χ2v) is 6.44. The molecule has 1 aliphatic carbocycles. The van der Waals surface area contributed by atoms with Gasteiger partial charge in [-0.15, -0.1) is 0 Å². The summed E-state index contributed by atoms with van der Waals surface area (Å²) < 4.78 is 0. The monoisotopic (exact) mass is 274 g/mol. The van der Waals surface area contributed by atoms with E-state index in [4.69, 9.17) is 0 Å². The number of nitrogens with one attached hydrogen (secondary N) is 1. The smallest absolute Gasteiger partial charge is 0.0396 e. The highest BCUT2D eigenvalue weighted by Crippen LogP contribution is 2.31. The number of anilines is 1. The Bertz CT molecular complexity index is 427. The lowest BCUT2D eigenvalue weighted by molar-refractivity contribution is 0.336. The van der Waals surface area contributed by atoms with Gasteiger partial charge in [0, 0.05) is 25.3 Å². The Balaban J connectivity index is 2.07. The molecule has 2 atom stereocenters. The Hall–Kier alpha value is -1.02. The van der Waals surface area contributed by atoms with E-state index >= 15 is 0 Å². The van der Waals surface area contributed by atoms with E-state index in [1.54, 1.807) is 0 Å². The van der Waals surface area contributed by atoms with Crippen molar-refractivity contribution in [2.24, 2.45) is 5.92 Å². The average Bonchev–Trinajstić information content (AvgIpc) is 2.44. The Morgan fingerprint density at radius 2 is 2.10 bits per heavy atom. The molecule has 0 spiro atoms. The SMILES string of the molecule is CCNCc1ccc(N(C)C2CCCC(C)C2)c(C)c1. The van der Waals surface area contributed by atoms with Gasteiger partial charge in [0.05, 0.1) is 0 Å². The molecule has 1 N–H and O–H groups in total. The van der Waals surface area contributed by atoms with Gasteiger partial charge in [0.25, 0.3) is 0 Å². The number of hydrogen-bond donors (Lipinski definition) is 1. The molecule has 2 heteroatoms. The van der Waals surface area contributed by atoms with Crippen LogP contribution in [0.1, 0.15) is 50.7 Å². The van der Waals surface area contributed by atoms with Crippen LogP contribution in [0, 0.1) is 12.8 Å². The molecule has 1 aromatic rings. The minimum absolute atomic E-state index is 0.720.